The van der Waals surface area contributed by atoms with Gasteiger partial charge in [0, 0.05) is 11.8 Å². The van der Waals surface area contributed by atoms with Crippen LogP contribution in [0.1, 0.15) is 18.1 Å². The molecular weight excluding hydrogens is 511 g/mol. The molecule has 37 heavy (non-hydrogen) atoms. The Labute approximate surface area is 210 Å². The average Bonchev–Trinajstić information content (AvgIpc) is 3.20. The maximum Gasteiger partial charge on any atom is 0.416 e. The number of rotatable bonds is 8. The van der Waals surface area contributed by atoms with Crippen molar-refractivity contribution in [3.63, 3.8) is 0 Å². The fourth-order valence-corrected chi connectivity index (χ4v) is 4.53. The summed E-state index contributed by atoms with van der Waals surface area (Å²) in [5, 5.41) is 3.04. The van der Waals surface area contributed by atoms with Crippen molar-refractivity contribution in [1.82, 2.24) is 9.38 Å². The Hall–Kier alpha value is -4.06. The van der Waals surface area contributed by atoms with Gasteiger partial charge in [-0.1, -0.05) is 6.07 Å². The summed E-state index contributed by atoms with van der Waals surface area (Å²) < 4.78 is 75.9. The van der Waals surface area contributed by atoms with E-state index < -0.39 is 32.7 Å². The third-order valence-corrected chi connectivity index (χ3v) is 6.51. The molecule has 0 spiro atoms. The number of esters is 1. The molecule has 0 radical (unpaired) electrons. The molecule has 0 fully saturated rings. The largest absolute Gasteiger partial charge is 0.465 e. The zero-order valence-corrected chi connectivity index (χ0v) is 20.6. The lowest BCUT2D eigenvalue weighted by atomic mass is 10.1. The van der Waals surface area contributed by atoms with Gasteiger partial charge in [-0.15, -0.1) is 0 Å². The molecule has 1 N–H and O–H groups in total. The highest BCUT2D eigenvalue weighted by Gasteiger charge is 2.32. The number of hydrogen-bond acceptors (Lipinski definition) is 7. The Morgan fingerprint density at radius 1 is 1.08 bits per heavy atom. The van der Waals surface area contributed by atoms with Crippen molar-refractivity contribution in [1.29, 1.82) is 0 Å². The summed E-state index contributed by atoms with van der Waals surface area (Å²) in [7, 11) is -4.51. The second-order valence-corrected chi connectivity index (χ2v) is 9.53. The molecule has 0 unspecified atom stereocenters. The molecule has 4 rings (SSSR count). The number of halogens is 3. The Bertz CT molecular complexity index is 1550. The van der Waals surface area contributed by atoms with E-state index >= 15 is 0 Å². The summed E-state index contributed by atoms with van der Waals surface area (Å²) in [6.45, 7) is 3.76. The smallest absolute Gasteiger partial charge is 0.416 e. The number of alkyl halides is 3. The molecule has 2 heterocycles. The predicted molar refractivity (Wildman–Crippen MR) is 130 cm³/mol. The van der Waals surface area contributed by atoms with Gasteiger partial charge in [0.25, 0.3) is 0 Å². The van der Waals surface area contributed by atoms with Crippen LogP contribution in [0.25, 0.3) is 16.9 Å². The van der Waals surface area contributed by atoms with Gasteiger partial charge < -0.3 is 14.2 Å². The van der Waals surface area contributed by atoms with Crippen LogP contribution in [-0.2, 0) is 25.8 Å². The highest BCUT2D eigenvalue weighted by Crippen LogP contribution is 2.33. The first kappa shape index (κ1) is 26.0. The molecule has 0 aliphatic rings. The van der Waals surface area contributed by atoms with Crippen LogP contribution < -0.4 is 9.50 Å². The van der Waals surface area contributed by atoms with Crippen molar-refractivity contribution < 1.29 is 35.3 Å². The maximum atomic E-state index is 13.0. The molecular formula is C25H22F3N3O5S. The number of carbonyl (C=O) groups is 1. The van der Waals surface area contributed by atoms with Crippen molar-refractivity contribution in [3.8, 4) is 17.0 Å². The molecule has 0 atom stereocenters. The van der Waals surface area contributed by atoms with E-state index in [0.29, 0.717) is 28.8 Å². The second-order valence-electron chi connectivity index (χ2n) is 7.99. The molecule has 0 saturated carbocycles. The molecule has 0 aliphatic carbocycles. The lowest BCUT2D eigenvalue weighted by Gasteiger charge is -2.11. The highest BCUT2D eigenvalue weighted by molar-refractivity contribution is 7.87. The maximum absolute atomic E-state index is 13.0. The number of nitrogens with zero attached hydrogens (tertiary/aromatic N) is 2. The summed E-state index contributed by atoms with van der Waals surface area (Å²) in [5.74, 6) is -0.0193. The van der Waals surface area contributed by atoms with Crippen LogP contribution in [-0.4, -0.2) is 36.9 Å². The van der Waals surface area contributed by atoms with E-state index in [2.05, 4.69) is 10.3 Å². The minimum atomic E-state index is -4.70. The summed E-state index contributed by atoms with van der Waals surface area (Å²) in [4.78, 5) is 15.9. The van der Waals surface area contributed by atoms with E-state index in [0.717, 1.165) is 23.8 Å². The Balaban J connectivity index is 1.62. The van der Waals surface area contributed by atoms with E-state index in [4.69, 9.17) is 8.92 Å². The Kier molecular flexibility index (Phi) is 7.12. The Morgan fingerprint density at radius 2 is 1.81 bits per heavy atom. The summed E-state index contributed by atoms with van der Waals surface area (Å²) in [5.41, 5.74) is 1.56. The molecule has 0 aliphatic heterocycles. The predicted octanol–water partition coefficient (Wildman–Crippen LogP) is 5.07. The molecule has 0 bridgehead atoms. The van der Waals surface area contributed by atoms with Crippen LogP contribution in [0.5, 0.6) is 5.75 Å². The van der Waals surface area contributed by atoms with Crippen molar-refractivity contribution in [2.45, 2.75) is 24.9 Å². The number of carbonyl (C=O) groups excluding carboxylic acids is 1. The van der Waals surface area contributed by atoms with Crippen LogP contribution in [0.15, 0.2) is 71.8 Å². The van der Waals surface area contributed by atoms with E-state index in [-0.39, 0.29) is 18.9 Å². The zero-order chi connectivity index (χ0) is 26.8. The van der Waals surface area contributed by atoms with Crippen LogP contribution in [0, 0.1) is 6.92 Å². The fraction of sp³-hybridized carbons (Fsp3) is 0.200. The standard InChI is InChI=1S/C25H22F3N3O5S/c1-3-35-22(32)15-29-24-23(30-21-13-16(2)11-12-31(21)24)17-7-9-19(10-8-17)36-37(33,34)20-6-4-5-18(14-20)25(26,27)28/h4-14,29H,3,15H2,1-2H3. The third kappa shape index (κ3) is 5.85. The van der Waals surface area contributed by atoms with Gasteiger partial charge in [0.15, 0.2) is 0 Å². The summed E-state index contributed by atoms with van der Waals surface area (Å²) in [6, 6.07) is 12.9. The number of hydrogen-bond donors (Lipinski definition) is 1. The number of nitrogens with one attached hydrogen (secondary N) is 1. The quantitative estimate of drug-likeness (QED) is 0.249. The van der Waals surface area contributed by atoms with Crippen molar-refractivity contribution in [2.24, 2.45) is 0 Å². The zero-order valence-electron chi connectivity index (χ0n) is 19.7. The number of benzene rings is 2. The van der Waals surface area contributed by atoms with Crippen molar-refractivity contribution >= 4 is 27.6 Å². The van der Waals surface area contributed by atoms with Gasteiger partial charge in [-0.25, -0.2) is 4.98 Å². The first-order valence-corrected chi connectivity index (χ1v) is 12.5. The molecule has 0 amide bonds. The van der Waals surface area contributed by atoms with Gasteiger partial charge >= 0.3 is 22.3 Å². The van der Waals surface area contributed by atoms with Gasteiger partial charge in [-0.05, 0) is 74.0 Å². The van der Waals surface area contributed by atoms with Gasteiger partial charge in [-0.3, -0.25) is 9.20 Å². The van der Waals surface area contributed by atoms with Crippen LogP contribution in [0.2, 0.25) is 0 Å². The first-order valence-electron chi connectivity index (χ1n) is 11.1. The minimum absolute atomic E-state index is 0.0956. The topological polar surface area (TPSA) is 99.0 Å². The molecule has 12 heteroatoms. The average molecular weight is 534 g/mol. The van der Waals surface area contributed by atoms with Gasteiger partial charge in [0.1, 0.15) is 34.3 Å². The summed E-state index contributed by atoms with van der Waals surface area (Å²) >= 11 is 0. The molecule has 194 valence electrons. The number of aryl methyl sites for hydroxylation is 1. The van der Waals surface area contributed by atoms with Crippen molar-refractivity contribution in [3.05, 3.63) is 78.0 Å². The third-order valence-electron chi connectivity index (χ3n) is 5.27. The fourth-order valence-electron chi connectivity index (χ4n) is 3.56. The molecule has 2 aromatic heterocycles. The van der Waals surface area contributed by atoms with Gasteiger partial charge in [0.05, 0.1) is 12.2 Å². The number of anilines is 1. The monoisotopic (exact) mass is 533 g/mol. The lowest BCUT2D eigenvalue weighted by Crippen LogP contribution is -2.17. The van der Waals surface area contributed by atoms with E-state index in [1.54, 1.807) is 29.7 Å². The Morgan fingerprint density at radius 3 is 2.49 bits per heavy atom. The minimum Gasteiger partial charge on any atom is -0.465 e. The molecule has 8 nitrogen and oxygen atoms in total. The van der Waals surface area contributed by atoms with Crippen molar-refractivity contribution in [2.75, 3.05) is 18.5 Å². The molecule has 0 saturated heterocycles. The molecule has 2 aromatic carbocycles. The number of pyridine rings is 1. The number of imidazole rings is 1. The first-order chi connectivity index (χ1) is 17.5. The van der Waals surface area contributed by atoms with E-state index in [1.807, 2.05) is 19.1 Å². The van der Waals surface area contributed by atoms with Gasteiger partial charge in [-0.2, -0.15) is 21.6 Å². The number of aromatic nitrogens is 2. The number of fused-ring (bicyclic) bond motifs is 1. The summed E-state index contributed by atoms with van der Waals surface area (Å²) in [6.07, 6.45) is -2.90. The SMILES string of the molecule is CCOC(=O)CNc1c(-c2ccc(OS(=O)(=O)c3cccc(C(F)(F)F)c3)cc2)nc2cc(C)ccn12. The van der Waals surface area contributed by atoms with Crippen LogP contribution in [0.3, 0.4) is 0 Å². The normalized spacial score (nSPS) is 11.9. The lowest BCUT2D eigenvalue weighted by molar-refractivity contribution is -0.141. The van der Waals surface area contributed by atoms with Gasteiger partial charge in [0.2, 0.25) is 0 Å². The number of ether oxygens (including phenoxy) is 1. The molecule has 4 aromatic rings. The van der Waals surface area contributed by atoms with Crippen LogP contribution >= 0.6 is 0 Å². The van der Waals surface area contributed by atoms with E-state index in [1.165, 1.54) is 12.1 Å². The highest BCUT2D eigenvalue weighted by atomic mass is 32.2. The van der Waals surface area contributed by atoms with Crippen LogP contribution in [0.4, 0.5) is 19.0 Å². The second kappa shape index (κ2) is 10.1. The van der Waals surface area contributed by atoms with E-state index in [9.17, 15) is 26.4 Å².